The number of Topliss-reactive ketones (excluding diaryl/α,β-unsaturated/α-hetero) is 1. The van der Waals surface area contributed by atoms with Gasteiger partial charge in [-0.3, -0.25) is 9.59 Å². The molecule has 0 bridgehead atoms. The van der Waals surface area contributed by atoms with Gasteiger partial charge in [0, 0.05) is 43.6 Å². The third-order valence-electron chi connectivity index (χ3n) is 5.48. The molecule has 1 heterocycles. The van der Waals surface area contributed by atoms with Gasteiger partial charge in [0.25, 0.3) is 5.91 Å². The predicted octanol–water partition coefficient (Wildman–Crippen LogP) is 3.28. The van der Waals surface area contributed by atoms with Crippen molar-refractivity contribution in [3.05, 3.63) is 52.3 Å². The number of carbonyl (C=O) groups is 3. The second-order valence-corrected chi connectivity index (χ2v) is 7.39. The van der Waals surface area contributed by atoms with Gasteiger partial charge in [0.1, 0.15) is 11.4 Å². The summed E-state index contributed by atoms with van der Waals surface area (Å²) in [5.41, 5.74) is 2.53. The summed E-state index contributed by atoms with van der Waals surface area (Å²) in [4.78, 5) is 40.3. The number of methoxy groups -OCH3 is 3. The Morgan fingerprint density at radius 3 is 2.22 bits per heavy atom. The van der Waals surface area contributed by atoms with Crippen LogP contribution in [0.4, 0.5) is 0 Å². The van der Waals surface area contributed by atoms with Gasteiger partial charge in [-0.15, -0.1) is 0 Å². The number of carbonyl (C=O) groups excluding carboxylic acids is 3. The van der Waals surface area contributed by atoms with Crippen LogP contribution < -0.4 is 4.74 Å². The number of aromatic nitrogens is 1. The van der Waals surface area contributed by atoms with Crippen LogP contribution in [0.1, 0.15) is 55.8 Å². The Balaban J connectivity index is 2.36. The average Bonchev–Trinajstić information content (AvgIpc) is 3.06. The van der Waals surface area contributed by atoms with Gasteiger partial charge in [-0.2, -0.15) is 0 Å². The van der Waals surface area contributed by atoms with E-state index in [0.717, 1.165) is 0 Å². The van der Waals surface area contributed by atoms with Gasteiger partial charge in [-0.25, -0.2) is 4.79 Å². The number of esters is 1. The molecule has 0 aliphatic heterocycles. The van der Waals surface area contributed by atoms with Gasteiger partial charge >= 0.3 is 5.97 Å². The molecule has 1 amide bonds. The molecular formula is C24H32N2O6. The molecule has 2 rings (SSSR count). The Morgan fingerprint density at radius 2 is 1.69 bits per heavy atom. The SMILES string of the molecule is CCn1c(C)c(C(=O)CN(CCCOC)C(=O)c2ccc(OC)cc2)c(C)c1C(=O)OC. The zero-order chi connectivity index (χ0) is 23.8. The van der Waals surface area contributed by atoms with Crippen molar-refractivity contribution in [3.63, 3.8) is 0 Å². The number of benzene rings is 1. The van der Waals surface area contributed by atoms with Crippen molar-refractivity contribution in [1.29, 1.82) is 0 Å². The van der Waals surface area contributed by atoms with E-state index in [1.807, 2.05) is 6.92 Å². The molecule has 0 radical (unpaired) electrons. The molecule has 0 fully saturated rings. The highest BCUT2D eigenvalue weighted by Gasteiger charge is 2.28. The van der Waals surface area contributed by atoms with Crippen molar-refractivity contribution in [2.75, 3.05) is 41.0 Å². The van der Waals surface area contributed by atoms with E-state index in [4.69, 9.17) is 14.2 Å². The molecular weight excluding hydrogens is 412 g/mol. The fourth-order valence-corrected chi connectivity index (χ4v) is 3.88. The quantitative estimate of drug-likeness (QED) is 0.300. The van der Waals surface area contributed by atoms with Gasteiger partial charge in [-0.05, 0) is 57.0 Å². The second-order valence-electron chi connectivity index (χ2n) is 7.39. The largest absolute Gasteiger partial charge is 0.497 e. The summed E-state index contributed by atoms with van der Waals surface area (Å²) >= 11 is 0. The Kier molecular flexibility index (Phi) is 9.02. The van der Waals surface area contributed by atoms with Crippen molar-refractivity contribution in [2.24, 2.45) is 0 Å². The lowest BCUT2D eigenvalue weighted by molar-refractivity contribution is 0.0587. The predicted molar refractivity (Wildman–Crippen MR) is 121 cm³/mol. The van der Waals surface area contributed by atoms with Crippen molar-refractivity contribution in [1.82, 2.24) is 9.47 Å². The highest BCUT2D eigenvalue weighted by atomic mass is 16.5. The van der Waals surface area contributed by atoms with Crippen LogP contribution in [0.5, 0.6) is 5.75 Å². The van der Waals surface area contributed by atoms with Crippen LogP contribution >= 0.6 is 0 Å². The number of ketones is 1. The molecule has 1 aromatic carbocycles. The molecule has 0 aliphatic rings. The smallest absolute Gasteiger partial charge is 0.354 e. The normalized spacial score (nSPS) is 10.7. The molecule has 174 valence electrons. The van der Waals surface area contributed by atoms with E-state index < -0.39 is 5.97 Å². The number of rotatable bonds is 11. The van der Waals surface area contributed by atoms with Crippen LogP contribution in [0.25, 0.3) is 0 Å². The van der Waals surface area contributed by atoms with E-state index in [1.165, 1.54) is 12.0 Å². The minimum atomic E-state index is -0.488. The van der Waals surface area contributed by atoms with Crippen LogP contribution in [-0.4, -0.2) is 68.2 Å². The average molecular weight is 445 g/mol. The fraction of sp³-hybridized carbons (Fsp3) is 0.458. The van der Waals surface area contributed by atoms with E-state index >= 15 is 0 Å². The minimum Gasteiger partial charge on any atom is -0.497 e. The van der Waals surface area contributed by atoms with Crippen molar-refractivity contribution >= 4 is 17.7 Å². The van der Waals surface area contributed by atoms with Crippen LogP contribution in [0.2, 0.25) is 0 Å². The Hall–Kier alpha value is -3.13. The van der Waals surface area contributed by atoms with Gasteiger partial charge in [0.15, 0.2) is 5.78 Å². The molecule has 1 aromatic heterocycles. The van der Waals surface area contributed by atoms with Crippen LogP contribution in [0.15, 0.2) is 24.3 Å². The highest BCUT2D eigenvalue weighted by Crippen LogP contribution is 2.24. The lowest BCUT2D eigenvalue weighted by Crippen LogP contribution is -2.37. The maximum Gasteiger partial charge on any atom is 0.354 e. The Bertz CT molecular complexity index is 962. The topological polar surface area (TPSA) is 87.1 Å². The third-order valence-corrected chi connectivity index (χ3v) is 5.48. The van der Waals surface area contributed by atoms with E-state index in [-0.39, 0.29) is 18.2 Å². The van der Waals surface area contributed by atoms with Gasteiger partial charge in [0.05, 0.1) is 20.8 Å². The maximum atomic E-state index is 13.3. The van der Waals surface area contributed by atoms with Crippen LogP contribution in [0.3, 0.4) is 0 Å². The molecule has 0 saturated heterocycles. The van der Waals surface area contributed by atoms with Crippen molar-refractivity contribution in [3.8, 4) is 5.75 Å². The van der Waals surface area contributed by atoms with Crippen molar-refractivity contribution in [2.45, 2.75) is 33.7 Å². The van der Waals surface area contributed by atoms with Crippen LogP contribution in [0, 0.1) is 13.8 Å². The molecule has 8 heteroatoms. The molecule has 0 N–H and O–H groups in total. The molecule has 8 nitrogen and oxygen atoms in total. The van der Waals surface area contributed by atoms with E-state index in [9.17, 15) is 14.4 Å². The molecule has 0 unspecified atom stereocenters. The molecule has 0 atom stereocenters. The molecule has 0 spiro atoms. The van der Waals surface area contributed by atoms with Gasteiger partial charge in [0.2, 0.25) is 0 Å². The zero-order valence-electron chi connectivity index (χ0n) is 19.7. The van der Waals surface area contributed by atoms with E-state index in [2.05, 4.69) is 0 Å². The molecule has 2 aromatic rings. The number of hydrogen-bond donors (Lipinski definition) is 0. The van der Waals surface area contributed by atoms with E-state index in [1.54, 1.807) is 56.9 Å². The lowest BCUT2D eigenvalue weighted by atomic mass is 10.0. The monoisotopic (exact) mass is 444 g/mol. The number of ether oxygens (including phenoxy) is 3. The summed E-state index contributed by atoms with van der Waals surface area (Å²) < 4.78 is 17.0. The first-order chi connectivity index (χ1) is 15.3. The zero-order valence-corrected chi connectivity index (χ0v) is 19.7. The van der Waals surface area contributed by atoms with Gasteiger partial charge < -0.3 is 23.7 Å². The third kappa shape index (κ3) is 5.37. The first kappa shape index (κ1) is 25.1. The number of hydrogen-bond acceptors (Lipinski definition) is 6. The fourth-order valence-electron chi connectivity index (χ4n) is 3.88. The first-order valence-electron chi connectivity index (χ1n) is 10.5. The number of amides is 1. The van der Waals surface area contributed by atoms with Crippen LogP contribution in [-0.2, 0) is 16.0 Å². The van der Waals surface area contributed by atoms with Gasteiger partial charge in [-0.1, -0.05) is 0 Å². The summed E-state index contributed by atoms with van der Waals surface area (Å²) in [6.07, 6.45) is 0.590. The summed E-state index contributed by atoms with van der Waals surface area (Å²) in [5.74, 6) is -0.323. The molecule has 32 heavy (non-hydrogen) atoms. The molecule has 0 aliphatic carbocycles. The summed E-state index contributed by atoms with van der Waals surface area (Å²) in [7, 11) is 4.47. The standard InChI is InChI=1S/C24H32N2O6/c1-7-26-17(3)21(16(2)22(26)24(29)32-6)20(27)15-25(13-8-14-30-4)23(28)18-9-11-19(31-5)12-10-18/h9-12H,7-8,13-15H2,1-6H3. The Labute approximate surface area is 189 Å². The summed E-state index contributed by atoms with van der Waals surface area (Å²) in [5, 5.41) is 0. The highest BCUT2D eigenvalue weighted by molar-refractivity contribution is 6.06. The number of nitrogens with zero attached hydrogens (tertiary/aromatic N) is 2. The lowest BCUT2D eigenvalue weighted by Gasteiger charge is -2.22. The molecule has 0 saturated carbocycles. The first-order valence-corrected chi connectivity index (χ1v) is 10.5. The summed E-state index contributed by atoms with van der Waals surface area (Å²) in [6.45, 7) is 6.68. The second kappa shape index (κ2) is 11.5. The minimum absolute atomic E-state index is 0.107. The Morgan fingerprint density at radius 1 is 1.03 bits per heavy atom. The summed E-state index contributed by atoms with van der Waals surface area (Å²) in [6, 6.07) is 6.77. The van der Waals surface area contributed by atoms with E-state index in [0.29, 0.717) is 59.9 Å². The van der Waals surface area contributed by atoms with Crippen molar-refractivity contribution < 1.29 is 28.6 Å². The maximum absolute atomic E-state index is 13.3.